The minimum absolute atomic E-state index is 0.103. The van der Waals surface area contributed by atoms with E-state index in [1.54, 1.807) is 0 Å². The first-order chi connectivity index (χ1) is 9.68. The summed E-state index contributed by atoms with van der Waals surface area (Å²) in [6.07, 6.45) is -4.68. The van der Waals surface area contributed by atoms with Gasteiger partial charge in [0.2, 0.25) is 5.91 Å². The monoisotopic (exact) mass is 307 g/mol. The molecule has 0 saturated carbocycles. The zero-order valence-electron chi connectivity index (χ0n) is 10.6. The Hall–Kier alpha value is -2.10. The van der Waals surface area contributed by atoms with Gasteiger partial charge in [-0.25, -0.2) is 4.79 Å². The number of carboxylic acids is 1. The number of carbonyl (C=O) groups excluding carboxylic acids is 1. The molecule has 0 bridgehead atoms. The molecule has 1 saturated heterocycles. The van der Waals surface area contributed by atoms with Crippen LogP contribution in [0.2, 0.25) is 0 Å². The highest BCUT2D eigenvalue weighted by atomic mass is 19.4. The highest BCUT2D eigenvalue weighted by Crippen LogP contribution is 2.27. The van der Waals surface area contributed by atoms with Gasteiger partial charge in [0.15, 0.2) is 5.69 Å². The molecule has 2 atom stereocenters. The Labute approximate surface area is 116 Å². The van der Waals surface area contributed by atoms with E-state index >= 15 is 0 Å². The predicted molar refractivity (Wildman–Crippen MR) is 61.0 cm³/mol. The molecule has 0 unspecified atom stereocenters. The maximum absolute atomic E-state index is 12.4. The van der Waals surface area contributed by atoms with E-state index in [2.05, 4.69) is 5.10 Å². The summed E-state index contributed by atoms with van der Waals surface area (Å²) in [4.78, 5) is 23.8. The smallest absolute Gasteiger partial charge is 0.435 e. The van der Waals surface area contributed by atoms with Gasteiger partial charge in [-0.3, -0.25) is 9.48 Å². The molecule has 1 aromatic heterocycles. The van der Waals surface area contributed by atoms with Gasteiger partial charge in [-0.1, -0.05) is 0 Å². The van der Waals surface area contributed by atoms with Gasteiger partial charge < -0.3 is 15.1 Å². The number of aliphatic carboxylic acids is 1. The number of aliphatic hydroxyl groups excluding tert-OH is 1. The zero-order valence-corrected chi connectivity index (χ0v) is 10.6. The summed E-state index contributed by atoms with van der Waals surface area (Å²) in [6.45, 7) is -0.685. The van der Waals surface area contributed by atoms with Gasteiger partial charge >= 0.3 is 12.1 Å². The molecule has 2 N–H and O–H groups in total. The van der Waals surface area contributed by atoms with Crippen LogP contribution in [-0.2, 0) is 22.3 Å². The van der Waals surface area contributed by atoms with Crippen molar-refractivity contribution in [1.82, 2.24) is 14.7 Å². The minimum Gasteiger partial charge on any atom is -0.480 e. The molecule has 2 heterocycles. The second kappa shape index (κ2) is 5.35. The molecule has 1 fully saturated rings. The lowest BCUT2D eigenvalue weighted by molar-refractivity contribution is -0.148. The molecule has 7 nitrogen and oxygen atoms in total. The van der Waals surface area contributed by atoms with Crippen LogP contribution in [0.1, 0.15) is 12.1 Å². The average molecular weight is 307 g/mol. The van der Waals surface area contributed by atoms with Crippen LogP contribution in [0.4, 0.5) is 13.2 Å². The molecule has 1 aliphatic heterocycles. The van der Waals surface area contributed by atoms with Gasteiger partial charge in [0.25, 0.3) is 0 Å². The molecule has 0 spiro atoms. The lowest BCUT2D eigenvalue weighted by Crippen LogP contribution is -2.42. The second-order valence-electron chi connectivity index (χ2n) is 4.69. The molecule has 116 valence electrons. The minimum atomic E-state index is -4.61. The molecule has 0 radical (unpaired) electrons. The number of likely N-dealkylation sites (tertiary alicyclic amines) is 1. The summed E-state index contributed by atoms with van der Waals surface area (Å²) in [6, 6.07) is -0.453. The Morgan fingerprint density at radius 1 is 1.43 bits per heavy atom. The van der Waals surface area contributed by atoms with E-state index in [4.69, 9.17) is 5.11 Å². The molecule has 2 rings (SSSR count). The first-order valence-corrected chi connectivity index (χ1v) is 5.99. The normalized spacial score (nSPS) is 22.6. The summed E-state index contributed by atoms with van der Waals surface area (Å²) >= 11 is 0. The van der Waals surface area contributed by atoms with Crippen LogP contribution in [0, 0.1) is 0 Å². The number of carbonyl (C=O) groups is 2. The van der Waals surface area contributed by atoms with Gasteiger partial charge in [0.05, 0.1) is 6.10 Å². The Balaban J connectivity index is 2.07. The number of aromatic nitrogens is 2. The van der Waals surface area contributed by atoms with Crippen molar-refractivity contribution in [2.75, 3.05) is 6.54 Å². The maximum atomic E-state index is 12.4. The first-order valence-electron chi connectivity index (χ1n) is 5.99. The van der Waals surface area contributed by atoms with Crippen LogP contribution in [0.5, 0.6) is 0 Å². The third-order valence-corrected chi connectivity index (χ3v) is 3.11. The number of alkyl halides is 3. The van der Waals surface area contributed by atoms with Crippen molar-refractivity contribution >= 4 is 11.9 Å². The predicted octanol–water partition coefficient (Wildman–Crippen LogP) is -0.0517. The number of amides is 1. The molecular weight excluding hydrogens is 295 g/mol. The van der Waals surface area contributed by atoms with Crippen molar-refractivity contribution in [3.8, 4) is 0 Å². The number of hydrogen-bond acceptors (Lipinski definition) is 4. The average Bonchev–Trinajstić information content (AvgIpc) is 2.94. The SMILES string of the molecule is O=C(O)[C@@H]1C[C@H](O)CN1C(=O)Cn1ccc(C(F)(F)F)n1. The van der Waals surface area contributed by atoms with E-state index in [-0.39, 0.29) is 13.0 Å². The molecule has 21 heavy (non-hydrogen) atoms. The lowest BCUT2D eigenvalue weighted by atomic mass is 10.2. The van der Waals surface area contributed by atoms with Crippen LogP contribution in [0.3, 0.4) is 0 Å². The second-order valence-corrected chi connectivity index (χ2v) is 4.69. The van der Waals surface area contributed by atoms with Crippen molar-refractivity contribution in [3.63, 3.8) is 0 Å². The summed E-state index contributed by atoms with van der Waals surface area (Å²) in [5.41, 5.74) is -1.13. The Bertz CT molecular complexity index is 557. The van der Waals surface area contributed by atoms with E-state index in [0.29, 0.717) is 0 Å². The molecule has 1 amide bonds. The molecule has 1 aliphatic rings. The number of β-amino-alcohol motifs (C(OH)–C–C–N with tert-alkyl or cyclic N) is 1. The van der Waals surface area contributed by atoms with Crippen LogP contribution in [0.25, 0.3) is 0 Å². The van der Waals surface area contributed by atoms with E-state index in [9.17, 15) is 27.9 Å². The standard InChI is InChI=1S/C11H12F3N3O4/c12-11(13,14)8-1-2-16(15-8)5-9(19)17-4-6(18)3-7(17)10(20)21/h1-2,6-7,18H,3-5H2,(H,20,21)/t6-,7-/m0/s1. The molecular formula is C11H12F3N3O4. The topological polar surface area (TPSA) is 95.7 Å². The fourth-order valence-corrected chi connectivity index (χ4v) is 2.15. The number of halogens is 3. The first kappa shape index (κ1) is 15.3. The fraction of sp³-hybridized carbons (Fsp3) is 0.545. The summed E-state index contributed by atoms with van der Waals surface area (Å²) in [5, 5.41) is 21.6. The highest BCUT2D eigenvalue weighted by molar-refractivity contribution is 5.84. The number of carboxylic acid groups (broad SMARTS) is 1. The van der Waals surface area contributed by atoms with Crippen molar-refractivity contribution in [2.45, 2.75) is 31.3 Å². The van der Waals surface area contributed by atoms with Crippen molar-refractivity contribution in [1.29, 1.82) is 0 Å². The molecule has 0 aliphatic carbocycles. The molecule has 0 aromatic carbocycles. The highest BCUT2D eigenvalue weighted by Gasteiger charge is 2.39. The van der Waals surface area contributed by atoms with Crippen LogP contribution in [0.15, 0.2) is 12.3 Å². The number of hydrogen-bond donors (Lipinski definition) is 2. The number of aliphatic hydroxyl groups is 1. The quantitative estimate of drug-likeness (QED) is 0.816. The van der Waals surface area contributed by atoms with Crippen molar-refractivity contribution < 1.29 is 33.0 Å². The number of rotatable bonds is 3. The Kier molecular flexibility index (Phi) is 3.90. The van der Waals surface area contributed by atoms with Crippen LogP contribution in [-0.4, -0.2) is 55.5 Å². The van der Waals surface area contributed by atoms with Crippen LogP contribution < -0.4 is 0 Å². The summed E-state index contributed by atoms with van der Waals surface area (Å²) in [5.74, 6) is -1.98. The van der Waals surface area contributed by atoms with E-state index in [0.717, 1.165) is 21.8 Å². The van der Waals surface area contributed by atoms with Gasteiger partial charge in [0.1, 0.15) is 12.6 Å². The van der Waals surface area contributed by atoms with Gasteiger partial charge in [-0.15, -0.1) is 0 Å². The molecule has 1 aromatic rings. The Morgan fingerprint density at radius 2 is 2.10 bits per heavy atom. The maximum Gasteiger partial charge on any atom is 0.435 e. The van der Waals surface area contributed by atoms with Gasteiger partial charge in [-0.2, -0.15) is 18.3 Å². The van der Waals surface area contributed by atoms with Crippen molar-refractivity contribution in [2.24, 2.45) is 0 Å². The van der Waals surface area contributed by atoms with Gasteiger partial charge in [-0.05, 0) is 6.07 Å². The van der Waals surface area contributed by atoms with E-state index in [1.165, 1.54) is 0 Å². The number of nitrogens with zero attached hydrogens (tertiary/aromatic N) is 3. The van der Waals surface area contributed by atoms with Gasteiger partial charge in [0, 0.05) is 19.2 Å². The molecule has 10 heteroatoms. The Morgan fingerprint density at radius 3 is 2.62 bits per heavy atom. The third kappa shape index (κ3) is 3.32. The summed E-state index contributed by atoms with van der Waals surface area (Å²) in [7, 11) is 0. The third-order valence-electron chi connectivity index (χ3n) is 3.11. The fourth-order valence-electron chi connectivity index (χ4n) is 2.15. The van der Waals surface area contributed by atoms with Crippen LogP contribution >= 0.6 is 0 Å². The largest absolute Gasteiger partial charge is 0.480 e. The van der Waals surface area contributed by atoms with E-state index in [1.807, 2.05) is 0 Å². The zero-order chi connectivity index (χ0) is 15.8. The van der Waals surface area contributed by atoms with Crippen molar-refractivity contribution in [3.05, 3.63) is 18.0 Å². The lowest BCUT2D eigenvalue weighted by Gasteiger charge is -2.21. The van der Waals surface area contributed by atoms with E-state index < -0.39 is 42.4 Å². The summed E-state index contributed by atoms with van der Waals surface area (Å²) < 4.78 is 37.9.